The Morgan fingerprint density at radius 2 is 1.92 bits per heavy atom. The lowest BCUT2D eigenvalue weighted by molar-refractivity contribution is -0.121. The van der Waals surface area contributed by atoms with Crippen LogP contribution in [0.5, 0.6) is 0 Å². The predicted octanol–water partition coefficient (Wildman–Crippen LogP) is 3.33. The fourth-order valence-corrected chi connectivity index (χ4v) is 4.54. The summed E-state index contributed by atoms with van der Waals surface area (Å²) in [6.07, 6.45) is 8.87. The lowest BCUT2D eigenvalue weighted by atomic mass is 9.95. The van der Waals surface area contributed by atoms with E-state index in [9.17, 15) is 4.79 Å². The average Bonchev–Trinajstić information content (AvgIpc) is 3.49. The minimum absolute atomic E-state index is 0.0209. The molecular formula is C25H22FN9O. The van der Waals surface area contributed by atoms with Crippen molar-refractivity contribution in [2.75, 3.05) is 17.6 Å². The summed E-state index contributed by atoms with van der Waals surface area (Å²) in [6, 6.07) is 5.45. The Bertz CT molecular complexity index is 1620. The van der Waals surface area contributed by atoms with E-state index in [0.717, 1.165) is 22.5 Å². The van der Waals surface area contributed by atoms with Gasteiger partial charge in [0.1, 0.15) is 12.4 Å². The van der Waals surface area contributed by atoms with Gasteiger partial charge in [-0.1, -0.05) is 0 Å². The molecule has 5 heterocycles. The molecule has 36 heavy (non-hydrogen) atoms. The number of rotatable bonds is 4. The van der Waals surface area contributed by atoms with E-state index < -0.39 is 5.82 Å². The molecule has 11 heteroatoms. The van der Waals surface area contributed by atoms with Gasteiger partial charge in [-0.05, 0) is 30.0 Å². The molecule has 0 spiro atoms. The summed E-state index contributed by atoms with van der Waals surface area (Å²) in [6.45, 7) is 2.66. The molecule has 1 aromatic carbocycles. The van der Waals surface area contributed by atoms with E-state index in [1.54, 1.807) is 47.9 Å². The Hall–Kier alpha value is -4.80. The molecule has 6 rings (SSSR count). The fourth-order valence-electron chi connectivity index (χ4n) is 4.54. The van der Waals surface area contributed by atoms with Gasteiger partial charge in [0.25, 0.3) is 0 Å². The standard InChI is InChI=1S/C25H22FN9O/c1-13-17(7-28-8-18(13)20-10-29-12-32-20)16-4-14-5-21(31-9-19(14)25(27)24(16)26)33-22-6-15-2-3-30-23(36)11-35(15)34-22/h4-10,12H,2-3,11,27H2,1H3,(H,29,32)(H,30,36)(H,31,33,34). The molecule has 5 N–H and O–H groups in total. The van der Waals surface area contributed by atoms with Gasteiger partial charge in [-0.2, -0.15) is 5.10 Å². The summed E-state index contributed by atoms with van der Waals surface area (Å²) in [5.41, 5.74) is 10.6. The van der Waals surface area contributed by atoms with Crippen molar-refractivity contribution in [3.63, 3.8) is 0 Å². The third kappa shape index (κ3) is 3.70. The van der Waals surface area contributed by atoms with Crippen molar-refractivity contribution in [2.24, 2.45) is 0 Å². The summed E-state index contributed by atoms with van der Waals surface area (Å²) in [7, 11) is 0. The molecule has 1 aliphatic rings. The Morgan fingerprint density at radius 3 is 2.75 bits per heavy atom. The number of nitrogens with two attached hydrogens (primary N) is 1. The van der Waals surface area contributed by atoms with Crippen molar-refractivity contribution in [3.05, 3.63) is 66.4 Å². The van der Waals surface area contributed by atoms with Crippen molar-refractivity contribution >= 4 is 34.0 Å². The van der Waals surface area contributed by atoms with Crippen LogP contribution >= 0.6 is 0 Å². The first-order chi connectivity index (χ1) is 17.5. The molecule has 0 atom stereocenters. The number of nitrogens with zero attached hydrogens (tertiary/aromatic N) is 5. The Kier molecular flexibility index (Phi) is 5.10. The molecule has 10 nitrogen and oxygen atoms in total. The molecule has 0 fully saturated rings. The summed E-state index contributed by atoms with van der Waals surface area (Å²) in [5, 5.41) is 11.7. The third-order valence-corrected chi connectivity index (χ3v) is 6.41. The quantitative estimate of drug-likeness (QED) is 0.288. The highest BCUT2D eigenvalue weighted by atomic mass is 19.1. The van der Waals surface area contributed by atoms with Crippen LogP contribution in [0.15, 0.2) is 49.3 Å². The van der Waals surface area contributed by atoms with Crippen LogP contribution in [0, 0.1) is 12.7 Å². The number of fused-ring (bicyclic) bond motifs is 2. The van der Waals surface area contributed by atoms with Crippen LogP contribution in [0.3, 0.4) is 0 Å². The molecule has 0 bridgehead atoms. The van der Waals surface area contributed by atoms with E-state index >= 15 is 4.39 Å². The average molecular weight is 484 g/mol. The third-order valence-electron chi connectivity index (χ3n) is 6.41. The van der Waals surface area contributed by atoms with Crippen molar-refractivity contribution in [3.8, 4) is 22.4 Å². The molecule has 0 unspecified atom stereocenters. The number of pyridine rings is 2. The van der Waals surface area contributed by atoms with Gasteiger partial charge in [0, 0.05) is 65.4 Å². The fraction of sp³-hybridized carbons (Fsp3) is 0.160. The van der Waals surface area contributed by atoms with Gasteiger partial charge in [-0.25, -0.2) is 14.4 Å². The topological polar surface area (TPSA) is 139 Å². The van der Waals surface area contributed by atoms with Gasteiger partial charge in [0.05, 0.1) is 23.9 Å². The molecule has 0 radical (unpaired) electrons. The molecule has 0 saturated carbocycles. The van der Waals surface area contributed by atoms with Gasteiger partial charge in [0.15, 0.2) is 11.6 Å². The Morgan fingerprint density at radius 1 is 1.06 bits per heavy atom. The van der Waals surface area contributed by atoms with Crippen molar-refractivity contribution in [1.82, 2.24) is 35.0 Å². The molecule has 1 amide bonds. The number of aromatic amines is 1. The van der Waals surface area contributed by atoms with Crippen LogP contribution in [0.2, 0.25) is 0 Å². The maximum atomic E-state index is 15.5. The summed E-state index contributed by atoms with van der Waals surface area (Å²) in [5.74, 6) is 0.513. The second-order valence-electron chi connectivity index (χ2n) is 8.67. The largest absolute Gasteiger partial charge is 0.396 e. The zero-order valence-corrected chi connectivity index (χ0v) is 19.3. The maximum Gasteiger partial charge on any atom is 0.241 e. The van der Waals surface area contributed by atoms with Crippen molar-refractivity contribution in [1.29, 1.82) is 0 Å². The second kappa shape index (κ2) is 8.45. The van der Waals surface area contributed by atoms with Crippen molar-refractivity contribution in [2.45, 2.75) is 19.9 Å². The number of hydrogen-bond acceptors (Lipinski definition) is 7. The molecule has 5 aromatic rings. The summed E-state index contributed by atoms with van der Waals surface area (Å²) >= 11 is 0. The smallest absolute Gasteiger partial charge is 0.241 e. The van der Waals surface area contributed by atoms with E-state index in [0.29, 0.717) is 46.5 Å². The van der Waals surface area contributed by atoms with Crippen LogP contribution in [0.1, 0.15) is 11.3 Å². The number of carbonyl (C=O) groups is 1. The first-order valence-corrected chi connectivity index (χ1v) is 11.4. The first kappa shape index (κ1) is 21.7. The van der Waals surface area contributed by atoms with Crippen LogP contribution < -0.4 is 16.4 Å². The van der Waals surface area contributed by atoms with Gasteiger partial charge in [-0.3, -0.25) is 14.5 Å². The SMILES string of the molecule is Cc1c(-c2cnc[nH]2)cncc1-c1cc2cc(Nc3cc4n(n3)CC(=O)NCC4)ncc2c(N)c1F. The highest BCUT2D eigenvalue weighted by molar-refractivity contribution is 5.98. The monoisotopic (exact) mass is 483 g/mol. The van der Waals surface area contributed by atoms with Crippen LogP contribution in [-0.4, -0.2) is 42.2 Å². The number of aromatic nitrogens is 6. The zero-order chi connectivity index (χ0) is 24.8. The van der Waals surface area contributed by atoms with Gasteiger partial charge >= 0.3 is 0 Å². The lowest BCUT2D eigenvalue weighted by Gasteiger charge is -2.14. The number of anilines is 3. The second-order valence-corrected chi connectivity index (χ2v) is 8.67. The first-order valence-electron chi connectivity index (χ1n) is 11.4. The highest BCUT2D eigenvalue weighted by Crippen LogP contribution is 2.37. The molecule has 180 valence electrons. The normalized spacial score (nSPS) is 13.3. The van der Waals surface area contributed by atoms with E-state index in [1.165, 1.54) is 0 Å². The zero-order valence-electron chi connectivity index (χ0n) is 19.3. The van der Waals surface area contributed by atoms with E-state index in [-0.39, 0.29) is 18.1 Å². The van der Waals surface area contributed by atoms with E-state index in [2.05, 4.69) is 35.7 Å². The molecule has 1 aliphatic heterocycles. The number of benzene rings is 1. The maximum absolute atomic E-state index is 15.5. The Balaban J connectivity index is 1.39. The summed E-state index contributed by atoms with van der Waals surface area (Å²) in [4.78, 5) is 27.7. The highest BCUT2D eigenvalue weighted by Gasteiger charge is 2.19. The minimum atomic E-state index is -0.521. The number of carbonyl (C=O) groups excluding carboxylic acids is 1. The van der Waals surface area contributed by atoms with Gasteiger partial charge in [0.2, 0.25) is 5.91 Å². The van der Waals surface area contributed by atoms with Crippen LogP contribution in [-0.2, 0) is 17.8 Å². The molecule has 0 aliphatic carbocycles. The number of hydrogen-bond donors (Lipinski definition) is 4. The number of nitrogen functional groups attached to an aromatic ring is 1. The van der Waals surface area contributed by atoms with Crippen LogP contribution in [0.25, 0.3) is 33.2 Å². The summed E-state index contributed by atoms with van der Waals surface area (Å²) < 4.78 is 17.1. The van der Waals surface area contributed by atoms with Crippen molar-refractivity contribution < 1.29 is 9.18 Å². The molecule has 0 saturated heterocycles. The molecular weight excluding hydrogens is 461 g/mol. The minimum Gasteiger partial charge on any atom is -0.396 e. The number of nitrogens with one attached hydrogen (secondary N) is 3. The van der Waals surface area contributed by atoms with E-state index in [4.69, 9.17) is 5.73 Å². The number of H-pyrrole nitrogens is 1. The van der Waals surface area contributed by atoms with Gasteiger partial charge < -0.3 is 21.4 Å². The van der Waals surface area contributed by atoms with Crippen LogP contribution in [0.4, 0.5) is 21.7 Å². The predicted molar refractivity (Wildman–Crippen MR) is 134 cm³/mol. The number of amides is 1. The van der Waals surface area contributed by atoms with Gasteiger partial charge in [-0.15, -0.1) is 0 Å². The number of imidazole rings is 1. The van der Waals surface area contributed by atoms with E-state index in [1.807, 2.05) is 13.0 Å². The lowest BCUT2D eigenvalue weighted by Crippen LogP contribution is -2.25. The number of halogens is 1. The Labute approximate surface area is 204 Å². The molecule has 4 aromatic heterocycles.